The van der Waals surface area contributed by atoms with Gasteiger partial charge in [0.1, 0.15) is 36.2 Å². The number of ether oxygens (including phenoxy) is 3. The number of halogens is 1. The monoisotopic (exact) mass is 537 g/mol. The van der Waals surface area contributed by atoms with Crippen molar-refractivity contribution in [1.82, 2.24) is 9.47 Å². The van der Waals surface area contributed by atoms with E-state index >= 15 is 4.39 Å². The molecular weight excluding hydrogens is 509 g/mol. The molecule has 5 rings (SSSR count). The Kier molecular flexibility index (Phi) is 6.77. The van der Waals surface area contributed by atoms with E-state index in [1.54, 1.807) is 11.5 Å². The molecule has 0 aliphatic carbocycles. The Labute approximate surface area is 215 Å². The van der Waals surface area contributed by atoms with Gasteiger partial charge in [0.25, 0.3) is 0 Å². The summed E-state index contributed by atoms with van der Waals surface area (Å²) in [6, 6.07) is 0.698. The van der Waals surface area contributed by atoms with E-state index in [-0.39, 0.29) is 29.5 Å². The van der Waals surface area contributed by atoms with Gasteiger partial charge in [0.2, 0.25) is 11.7 Å². The number of hydrogen-bond acceptors (Lipinski definition) is 11. The van der Waals surface area contributed by atoms with Crippen LogP contribution in [0.25, 0.3) is 10.9 Å². The second kappa shape index (κ2) is 9.78. The van der Waals surface area contributed by atoms with Crippen molar-refractivity contribution in [1.29, 1.82) is 0 Å². The zero-order valence-corrected chi connectivity index (χ0v) is 20.6. The Hall–Kier alpha value is -3.30. The number of nitrogens with zero attached hydrogens (tertiary/aromatic N) is 3. The summed E-state index contributed by atoms with van der Waals surface area (Å²) >= 11 is 0. The number of rotatable bonds is 4. The third kappa shape index (κ3) is 4.27. The number of esters is 1. The number of carboxylic acid groups (broad SMARTS) is 1. The molecule has 0 bridgehead atoms. The number of piperazine rings is 1. The van der Waals surface area contributed by atoms with Crippen LogP contribution < -0.4 is 15.1 Å². The second-order valence-electron chi connectivity index (χ2n) is 9.80. The maximum absolute atomic E-state index is 15.5. The van der Waals surface area contributed by atoms with Gasteiger partial charge in [-0.25, -0.2) is 14.0 Å². The molecule has 0 spiro atoms. The number of hydrogen-bond donors (Lipinski definition) is 4. The summed E-state index contributed by atoms with van der Waals surface area (Å²) < 4.78 is 33.0. The fraction of sp³-hybridized carbons (Fsp3) is 0.542. The van der Waals surface area contributed by atoms with Crippen LogP contribution in [-0.2, 0) is 14.3 Å². The second-order valence-corrected chi connectivity index (χ2v) is 9.80. The molecule has 0 amide bonds. The summed E-state index contributed by atoms with van der Waals surface area (Å²) in [4.78, 5) is 41.7. The number of aliphatic hydroxyl groups is 3. The standard InChI is InChI=1S/C24H28FN3O10/c1-10-9-36-20-14-11(7-13(25)15(20)27-5-3-26(2)4-6-27)16(29)12(8-28(10)14)23(35)38-24-19(32)17(30)18(31)21(37-24)22(33)34/h7-8,10,17-19,21,24,30-32H,3-6,9H2,1-2H3,(H,33,34). The molecule has 206 valence electrons. The van der Waals surface area contributed by atoms with Gasteiger partial charge in [0.05, 0.1) is 16.9 Å². The maximum atomic E-state index is 15.5. The molecule has 0 radical (unpaired) electrons. The van der Waals surface area contributed by atoms with Crippen LogP contribution in [0.4, 0.5) is 10.1 Å². The molecule has 4 N–H and O–H groups in total. The molecule has 2 fully saturated rings. The first-order valence-electron chi connectivity index (χ1n) is 12.1. The van der Waals surface area contributed by atoms with Crippen molar-refractivity contribution < 1.29 is 48.6 Å². The summed E-state index contributed by atoms with van der Waals surface area (Å²) in [5.74, 6) is -3.44. The van der Waals surface area contributed by atoms with Crippen LogP contribution in [-0.4, -0.2) is 112 Å². The normalized spacial score (nSPS) is 29.7. The van der Waals surface area contributed by atoms with Gasteiger partial charge in [-0.1, -0.05) is 0 Å². The van der Waals surface area contributed by atoms with Crippen molar-refractivity contribution >= 4 is 28.5 Å². The summed E-state index contributed by atoms with van der Waals surface area (Å²) in [6.45, 7) is 4.47. The van der Waals surface area contributed by atoms with Crippen molar-refractivity contribution in [3.63, 3.8) is 0 Å². The summed E-state index contributed by atoms with van der Waals surface area (Å²) in [5.41, 5.74) is -0.831. The largest absolute Gasteiger partial charge is 0.487 e. The van der Waals surface area contributed by atoms with Gasteiger partial charge in [0, 0.05) is 32.4 Å². The third-order valence-corrected chi connectivity index (χ3v) is 7.22. The number of carbonyl (C=O) groups is 2. The Morgan fingerprint density at radius 3 is 2.45 bits per heavy atom. The third-order valence-electron chi connectivity index (χ3n) is 7.22. The number of pyridine rings is 1. The van der Waals surface area contributed by atoms with E-state index in [1.165, 1.54) is 6.20 Å². The van der Waals surface area contributed by atoms with Crippen LogP contribution in [0.2, 0.25) is 0 Å². The van der Waals surface area contributed by atoms with Crippen LogP contribution in [0.3, 0.4) is 0 Å². The molecule has 38 heavy (non-hydrogen) atoms. The fourth-order valence-corrected chi connectivity index (χ4v) is 5.00. The highest BCUT2D eigenvalue weighted by Crippen LogP contribution is 2.42. The SMILES string of the molecule is CC1COc2c(N3CCN(C)CC3)c(F)cc3c(=O)c(C(=O)OC4OC(C(=O)O)C(O)C(O)C4O)cn1c23. The van der Waals surface area contributed by atoms with Crippen LogP contribution >= 0.6 is 0 Å². The number of likely N-dealkylation sites (N-methyl/N-ethyl adjacent to an activating group) is 1. The molecule has 2 aromatic rings. The number of anilines is 1. The number of carboxylic acids is 1. The molecule has 1 aromatic heterocycles. The predicted octanol–water partition coefficient (Wildman–Crippen LogP) is -1.11. The number of benzene rings is 1. The molecule has 14 heteroatoms. The van der Waals surface area contributed by atoms with E-state index < -0.39 is 59.5 Å². The lowest BCUT2D eigenvalue weighted by Crippen LogP contribution is -2.60. The minimum absolute atomic E-state index is 0.125. The minimum atomic E-state index is -2.00. The van der Waals surface area contributed by atoms with Gasteiger partial charge in [-0.15, -0.1) is 0 Å². The van der Waals surface area contributed by atoms with E-state index in [2.05, 4.69) is 4.90 Å². The van der Waals surface area contributed by atoms with Crippen LogP contribution in [0.15, 0.2) is 17.1 Å². The highest BCUT2D eigenvalue weighted by molar-refractivity contribution is 5.98. The molecule has 3 aliphatic heterocycles. The minimum Gasteiger partial charge on any atom is -0.487 e. The number of aliphatic hydroxyl groups excluding tert-OH is 3. The zero-order valence-electron chi connectivity index (χ0n) is 20.6. The van der Waals surface area contributed by atoms with Gasteiger partial charge in [-0.3, -0.25) is 4.79 Å². The molecule has 6 atom stereocenters. The van der Waals surface area contributed by atoms with Gasteiger partial charge in [0.15, 0.2) is 17.7 Å². The first kappa shape index (κ1) is 26.3. The molecule has 1 aromatic carbocycles. The molecule has 4 heterocycles. The van der Waals surface area contributed by atoms with E-state index in [4.69, 9.17) is 14.2 Å². The Bertz CT molecular complexity index is 1340. The zero-order chi connectivity index (χ0) is 27.5. The molecule has 2 saturated heterocycles. The van der Waals surface area contributed by atoms with Crippen LogP contribution in [0, 0.1) is 5.82 Å². The lowest BCUT2D eigenvalue weighted by molar-refractivity contribution is -0.278. The van der Waals surface area contributed by atoms with Crippen LogP contribution in [0.5, 0.6) is 5.75 Å². The predicted molar refractivity (Wildman–Crippen MR) is 128 cm³/mol. The number of aromatic nitrogens is 1. The topological polar surface area (TPSA) is 171 Å². The highest BCUT2D eigenvalue weighted by atomic mass is 19.1. The van der Waals surface area contributed by atoms with Crippen molar-refractivity contribution in [2.75, 3.05) is 44.7 Å². The molecule has 6 unspecified atom stereocenters. The van der Waals surface area contributed by atoms with E-state index in [1.807, 2.05) is 11.9 Å². The van der Waals surface area contributed by atoms with E-state index in [9.17, 15) is 34.8 Å². The molecule has 0 saturated carbocycles. The Morgan fingerprint density at radius 1 is 1.11 bits per heavy atom. The highest BCUT2D eigenvalue weighted by Gasteiger charge is 2.49. The fourth-order valence-electron chi connectivity index (χ4n) is 5.00. The molecule has 3 aliphatic rings. The van der Waals surface area contributed by atoms with Gasteiger partial charge < -0.3 is 49.0 Å². The van der Waals surface area contributed by atoms with Gasteiger partial charge in [-0.05, 0) is 20.0 Å². The van der Waals surface area contributed by atoms with E-state index in [0.717, 1.165) is 6.07 Å². The lowest BCUT2D eigenvalue weighted by atomic mass is 9.99. The van der Waals surface area contributed by atoms with Gasteiger partial charge >= 0.3 is 11.9 Å². The van der Waals surface area contributed by atoms with E-state index in [0.29, 0.717) is 31.7 Å². The van der Waals surface area contributed by atoms with Gasteiger partial charge in [-0.2, -0.15) is 0 Å². The summed E-state index contributed by atoms with van der Waals surface area (Å²) in [5, 5.41) is 39.1. The number of aliphatic carboxylic acids is 1. The smallest absolute Gasteiger partial charge is 0.346 e. The lowest BCUT2D eigenvalue weighted by Gasteiger charge is -2.38. The Balaban J connectivity index is 1.54. The Morgan fingerprint density at radius 2 is 1.79 bits per heavy atom. The van der Waals surface area contributed by atoms with Crippen molar-refractivity contribution in [2.45, 2.75) is 43.7 Å². The van der Waals surface area contributed by atoms with Crippen molar-refractivity contribution in [3.05, 3.63) is 33.9 Å². The average molecular weight is 537 g/mol. The molecular formula is C24H28FN3O10. The average Bonchev–Trinajstić information content (AvgIpc) is 2.88. The maximum Gasteiger partial charge on any atom is 0.346 e. The quantitative estimate of drug-likeness (QED) is 0.348. The summed E-state index contributed by atoms with van der Waals surface area (Å²) in [6.07, 6.45) is -8.72. The molecule has 13 nitrogen and oxygen atoms in total. The summed E-state index contributed by atoms with van der Waals surface area (Å²) in [7, 11) is 1.97. The first-order valence-corrected chi connectivity index (χ1v) is 12.1. The first-order chi connectivity index (χ1) is 18.0. The van der Waals surface area contributed by atoms with Crippen molar-refractivity contribution in [3.8, 4) is 5.75 Å². The van der Waals surface area contributed by atoms with Crippen LogP contribution in [0.1, 0.15) is 23.3 Å². The van der Waals surface area contributed by atoms with Crippen molar-refractivity contribution in [2.24, 2.45) is 0 Å². The number of carbonyl (C=O) groups excluding carboxylic acids is 1.